The van der Waals surface area contributed by atoms with Crippen molar-refractivity contribution in [3.8, 4) is 0 Å². The van der Waals surface area contributed by atoms with Crippen molar-refractivity contribution in [2.24, 2.45) is 5.73 Å². The molecule has 1 aliphatic rings. The van der Waals surface area contributed by atoms with Crippen molar-refractivity contribution < 1.29 is 4.92 Å². The van der Waals surface area contributed by atoms with Crippen LogP contribution in [0.5, 0.6) is 0 Å². The van der Waals surface area contributed by atoms with Crippen LogP contribution in [0.1, 0.15) is 12.0 Å². The molecule has 0 bridgehead atoms. The van der Waals surface area contributed by atoms with Crippen LogP contribution in [0.3, 0.4) is 0 Å². The summed E-state index contributed by atoms with van der Waals surface area (Å²) in [5.41, 5.74) is 7.05. The number of nitrogens with two attached hydrogens (primary N) is 1. The van der Waals surface area contributed by atoms with Gasteiger partial charge in [-0.1, -0.05) is 12.1 Å². The average Bonchev–Trinajstić information content (AvgIpc) is 2.65. The largest absolute Gasteiger partial charge is 0.326 e. The molecule has 1 aliphatic heterocycles. The topological polar surface area (TPSA) is 72.4 Å². The van der Waals surface area contributed by atoms with E-state index in [2.05, 4.69) is 4.90 Å². The van der Waals surface area contributed by atoms with Gasteiger partial charge in [-0.05, 0) is 12.0 Å². The molecule has 0 radical (unpaired) electrons. The van der Waals surface area contributed by atoms with E-state index in [-0.39, 0.29) is 16.7 Å². The predicted molar refractivity (Wildman–Crippen MR) is 61.0 cm³/mol. The standard InChI is InChI=1S/C11H15N3O2/c12-10-5-6-13(8-10)7-9-1-3-11(4-2-9)14(15)16/h1-4,10H,5-8,12H2. The van der Waals surface area contributed by atoms with Crippen LogP contribution >= 0.6 is 0 Å². The average molecular weight is 221 g/mol. The van der Waals surface area contributed by atoms with Crippen molar-refractivity contribution in [2.45, 2.75) is 19.0 Å². The highest BCUT2D eigenvalue weighted by molar-refractivity contribution is 5.32. The molecule has 0 spiro atoms. The normalized spacial score (nSPS) is 21.2. The van der Waals surface area contributed by atoms with Gasteiger partial charge in [0.25, 0.3) is 5.69 Å². The summed E-state index contributed by atoms with van der Waals surface area (Å²) in [6.45, 7) is 2.75. The first-order valence-electron chi connectivity index (χ1n) is 5.36. The number of nitro benzene ring substituents is 1. The Morgan fingerprint density at radius 1 is 1.44 bits per heavy atom. The number of benzene rings is 1. The zero-order valence-corrected chi connectivity index (χ0v) is 9.00. The monoisotopic (exact) mass is 221 g/mol. The Hall–Kier alpha value is -1.46. The van der Waals surface area contributed by atoms with Crippen molar-refractivity contribution in [1.29, 1.82) is 0 Å². The minimum Gasteiger partial charge on any atom is -0.326 e. The van der Waals surface area contributed by atoms with Gasteiger partial charge < -0.3 is 5.73 Å². The molecule has 1 fully saturated rings. The molecule has 1 atom stereocenters. The quantitative estimate of drug-likeness (QED) is 0.613. The zero-order chi connectivity index (χ0) is 11.5. The Bertz CT molecular complexity index is 377. The van der Waals surface area contributed by atoms with E-state index < -0.39 is 0 Å². The zero-order valence-electron chi connectivity index (χ0n) is 9.00. The number of rotatable bonds is 3. The molecule has 2 rings (SSSR count). The van der Waals surface area contributed by atoms with E-state index in [1.165, 1.54) is 0 Å². The van der Waals surface area contributed by atoms with Crippen molar-refractivity contribution in [2.75, 3.05) is 13.1 Å². The molecule has 16 heavy (non-hydrogen) atoms. The summed E-state index contributed by atoms with van der Waals surface area (Å²) in [5.74, 6) is 0. The molecular weight excluding hydrogens is 206 g/mol. The molecular formula is C11H15N3O2. The molecule has 0 aromatic heterocycles. The van der Waals surface area contributed by atoms with Gasteiger partial charge in [0.15, 0.2) is 0 Å². The fourth-order valence-electron chi connectivity index (χ4n) is 1.99. The van der Waals surface area contributed by atoms with Gasteiger partial charge in [0, 0.05) is 37.8 Å². The van der Waals surface area contributed by atoms with Crippen LogP contribution in [0.2, 0.25) is 0 Å². The second-order valence-corrected chi connectivity index (χ2v) is 4.21. The van der Waals surface area contributed by atoms with Crippen LogP contribution in [0.15, 0.2) is 24.3 Å². The lowest BCUT2D eigenvalue weighted by atomic mass is 10.2. The molecule has 1 aromatic carbocycles. The van der Waals surface area contributed by atoms with E-state index in [0.717, 1.165) is 31.6 Å². The minimum absolute atomic E-state index is 0.141. The van der Waals surface area contributed by atoms with Crippen molar-refractivity contribution in [3.05, 3.63) is 39.9 Å². The van der Waals surface area contributed by atoms with Crippen molar-refractivity contribution >= 4 is 5.69 Å². The molecule has 86 valence electrons. The second-order valence-electron chi connectivity index (χ2n) is 4.21. The third kappa shape index (κ3) is 2.56. The highest BCUT2D eigenvalue weighted by atomic mass is 16.6. The molecule has 5 heteroatoms. The molecule has 1 heterocycles. The molecule has 0 saturated carbocycles. The van der Waals surface area contributed by atoms with E-state index in [1.807, 2.05) is 12.1 Å². The Kier molecular flexibility index (Phi) is 3.17. The highest BCUT2D eigenvalue weighted by Gasteiger charge is 2.18. The van der Waals surface area contributed by atoms with Gasteiger partial charge in [-0.3, -0.25) is 15.0 Å². The lowest BCUT2D eigenvalue weighted by Gasteiger charge is -2.14. The van der Waals surface area contributed by atoms with E-state index in [1.54, 1.807) is 12.1 Å². The van der Waals surface area contributed by atoms with Crippen LogP contribution in [-0.2, 0) is 6.54 Å². The van der Waals surface area contributed by atoms with Crippen LogP contribution < -0.4 is 5.73 Å². The van der Waals surface area contributed by atoms with Gasteiger partial charge in [0.2, 0.25) is 0 Å². The maximum Gasteiger partial charge on any atom is 0.269 e. The van der Waals surface area contributed by atoms with E-state index in [4.69, 9.17) is 5.73 Å². The van der Waals surface area contributed by atoms with E-state index in [9.17, 15) is 10.1 Å². The molecule has 2 N–H and O–H groups in total. The number of hydrogen-bond donors (Lipinski definition) is 1. The highest BCUT2D eigenvalue weighted by Crippen LogP contribution is 2.15. The first-order chi connectivity index (χ1) is 7.65. The van der Waals surface area contributed by atoms with Gasteiger partial charge >= 0.3 is 0 Å². The Balaban J connectivity index is 1.97. The van der Waals surface area contributed by atoms with Gasteiger partial charge in [-0.2, -0.15) is 0 Å². The summed E-state index contributed by atoms with van der Waals surface area (Å²) in [6, 6.07) is 6.98. The maximum atomic E-state index is 10.5. The molecule has 0 amide bonds. The van der Waals surface area contributed by atoms with Crippen LogP contribution in [0, 0.1) is 10.1 Å². The maximum absolute atomic E-state index is 10.5. The first kappa shape index (κ1) is 11.0. The smallest absolute Gasteiger partial charge is 0.269 e. The first-order valence-corrected chi connectivity index (χ1v) is 5.36. The summed E-state index contributed by atoms with van der Waals surface area (Å²) in [5, 5.41) is 10.5. The van der Waals surface area contributed by atoms with Crippen LogP contribution in [0.4, 0.5) is 5.69 Å². The molecule has 1 aromatic rings. The van der Waals surface area contributed by atoms with Crippen molar-refractivity contribution in [3.63, 3.8) is 0 Å². The third-order valence-electron chi connectivity index (χ3n) is 2.86. The van der Waals surface area contributed by atoms with Gasteiger partial charge in [-0.25, -0.2) is 0 Å². The number of non-ortho nitro benzene ring substituents is 1. The summed E-state index contributed by atoms with van der Waals surface area (Å²) < 4.78 is 0. The number of likely N-dealkylation sites (tertiary alicyclic amines) is 1. The van der Waals surface area contributed by atoms with Gasteiger partial charge in [0.05, 0.1) is 4.92 Å². The number of nitro groups is 1. The fraction of sp³-hybridized carbons (Fsp3) is 0.455. The Morgan fingerprint density at radius 3 is 2.62 bits per heavy atom. The Labute approximate surface area is 94.0 Å². The summed E-state index contributed by atoms with van der Waals surface area (Å²) in [4.78, 5) is 12.4. The number of hydrogen-bond acceptors (Lipinski definition) is 4. The summed E-state index contributed by atoms with van der Waals surface area (Å²) in [6.07, 6.45) is 1.03. The predicted octanol–water partition coefficient (Wildman–Crippen LogP) is 1.13. The second kappa shape index (κ2) is 4.59. The molecule has 5 nitrogen and oxygen atoms in total. The lowest BCUT2D eigenvalue weighted by Crippen LogP contribution is -2.26. The fourth-order valence-corrected chi connectivity index (χ4v) is 1.99. The number of nitrogens with zero attached hydrogens (tertiary/aromatic N) is 2. The van der Waals surface area contributed by atoms with Crippen LogP contribution in [0.25, 0.3) is 0 Å². The summed E-state index contributed by atoms with van der Waals surface area (Å²) in [7, 11) is 0. The van der Waals surface area contributed by atoms with E-state index in [0.29, 0.717) is 0 Å². The van der Waals surface area contributed by atoms with E-state index >= 15 is 0 Å². The van der Waals surface area contributed by atoms with Gasteiger partial charge in [-0.15, -0.1) is 0 Å². The lowest BCUT2D eigenvalue weighted by molar-refractivity contribution is -0.384. The molecule has 1 unspecified atom stereocenters. The summed E-state index contributed by atoms with van der Waals surface area (Å²) >= 11 is 0. The van der Waals surface area contributed by atoms with Crippen LogP contribution in [-0.4, -0.2) is 29.0 Å². The van der Waals surface area contributed by atoms with Gasteiger partial charge in [0.1, 0.15) is 0 Å². The Morgan fingerprint density at radius 2 is 2.12 bits per heavy atom. The third-order valence-corrected chi connectivity index (χ3v) is 2.86. The molecule has 0 aliphatic carbocycles. The molecule has 1 saturated heterocycles. The van der Waals surface area contributed by atoms with Crippen molar-refractivity contribution in [1.82, 2.24) is 4.90 Å². The SMILES string of the molecule is NC1CCN(Cc2ccc([N+](=O)[O-])cc2)C1. The minimum atomic E-state index is -0.379.